The first-order chi connectivity index (χ1) is 12.2. The smallest absolute Gasteiger partial charge is 0.275 e. The van der Waals surface area contributed by atoms with Gasteiger partial charge in [-0.1, -0.05) is 40.7 Å². The van der Waals surface area contributed by atoms with Crippen LogP contribution in [-0.4, -0.2) is 25.3 Å². The second kappa shape index (κ2) is 9.64. The molecular weight excluding hydrogens is 384 g/mol. The number of halogens is 1. The number of rotatable bonds is 8. The number of carbonyl (C=O) groups is 1. The molecule has 0 unspecified atom stereocenters. The molecule has 2 aromatic carbocycles. The van der Waals surface area contributed by atoms with E-state index in [9.17, 15) is 4.79 Å². The van der Waals surface area contributed by atoms with E-state index in [4.69, 9.17) is 9.47 Å². The van der Waals surface area contributed by atoms with E-state index >= 15 is 0 Å². The monoisotopic (exact) mass is 402 g/mol. The molecule has 0 saturated heterocycles. The molecule has 0 fully saturated rings. The fourth-order valence-corrected chi connectivity index (χ4v) is 2.41. The molecule has 0 bridgehead atoms. The summed E-state index contributed by atoms with van der Waals surface area (Å²) in [6.07, 6.45) is 3.20. The first-order valence-corrected chi connectivity index (χ1v) is 8.53. The van der Waals surface area contributed by atoms with Crippen molar-refractivity contribution in [3.05, 3.63) is 70.7 Å². The molecule has 6 heteroatoms. The zero-order chi connectivity index (χ0) is 18.1. The zero-order valence-electron chi connectivity index (χ0n) is 13.9. The van der Waals surface area contributed by atoms with Crippen LogP contribution < -0.4 is 14.9 Å². The number of para-hydroxylation sites is 1. The lowest BCUT2D eigenvalue weighted by Crippen LogP contribution is -2.19. The van der Waals surface area contributed by atoms with Gasteiger partial charge in [-0.05, 0) is 37.3 Å². The summed E-state index contributed by atoms with van der Waals surface area (Å²) in [5.41, 5.74) is 3.67. The molecule has 0 spiro atoms. The molecule has 2 aromatic rings. The highest BCUT2D eigenvalue weighted by Crippen LogP contribution is 2.23. The van der Waals surface area contributed by atoms with Gasteiger partial charge in [0.2, 0.25) is 0 Å². The summed E-state index contributed by atoms with van der Waals surface area (Å²) in [4.78, 5) is 12.4. The van der Waals surface area contributed by atoms with E-state index in [1.807, 2.05) is 37.3 Å². The van der Waals surface area contributed by atoms with E-state index in [1.165, 1.54) is 6.21 Å². The van der Waals surface area contributed by atoms with Gasteiger partial charge in [0.15, 0.2) is 0 Å². The van der Waals surface area contributed by atoms with Crippen molar-refractivity contribution in [2.24, 2.45) is 5.10 Å². The Morgan fingerprint density at radius 1 is 1.24 bits per heavy atom. The largest absolute Gasteiger partial charge is 0.493 e. The van der Waals surface area contributed by atoms with Gasteiger partial charge in [-0.15, -0.1) is 0 Å². The van der Waals surface area contributed by atoms with Crippen LogP contribution in [-0.2, 0) is 0 Å². The summed E-state index contributed by atoms with van der Waals surface area (Å²) in [5, 5.41) is 4.02. The standard InChI is InChI=1S/C19H19BrN2O3/c1-3-11-25-17-8-6-5-7-14(17)13-21-22-19(23)16-12-15(20)9-10-18(16)24-4-2/h3,5-10,12-13H,1,4,11H2,2H3,(H,22,23)/b21-13+. The van der Waals surface area contributed by atoms with Crippen molar-refractivity contribution in [1.29, 1.82) is 0 Å². The average Bonchev–Trinajstić information content (AvgIpc) is 2.62. The van der Waals surface area contributed by atoms with Gasteiger partial charge in [0, 0.05) is 10.0 Å². The number of amides is 1. The predicted octanol–water partition coefficient (Wildman–Crippen LogP) is 4.18. The van der Waals surface area contributed by atoms with Crippen LogP contribution in [0.15, 0.2) is 64.7 Å². The van der Waals surface area contributed by atoms with Crippen LogP contribution >= 0.6 is 15.9 Å². The van der Waals surface area contributed by atoms with Gasteiger partial charge in [0.1, 0.15) is 18.1 Å². The van der Waals surface area contributed by atoms with Crippen molar-refractivity contribution in [3.63, 3.8) is 0 Å². The van der Waals surface area contributed by atoms with Crippen molar-refractivity contribution in [1.82, 2.24) is 5.43 Å². The Morgan fingerprint density at radius 3 is 2.80 bits per heavy atom. The molecule has 130 valence electrons. The minimum atomic E-state index is -0.356. The van der Waals surface area contributed by atoms with Crippen LogP contribution in [0.3, 0.4) is 0 Å². The van der Waals surface area contributed by atoms with Gasteiger partial charge < -0.3 is 9.47 Å². The summed E-state index contributed by atoms with van der Waals surface area (Å²) in [6.45, 7) is 6.35. The SMILES string of the molecule is C=CCOc1ccccc1/C=N/NC(=O)c1cc(Br)ccc1OCC. The molecule has 0 saturated carbocycles. The van der Waals surface area contributed by atoms with Crippen molar-refractivity contribution in [2.75, 3.05) is 13.2 Å². The fourth-order valence-electron chi connectivity index (χ4n) is 2.05. The molecule has 0 aliphatic carbocycles. The van der Waals surface area contributed by atoms with Gasteiger partial charge in [-0.2, -0.15) is 5.10 Å². The van der Waals surface area contributed by atoms with E-state index in [0.29, 0.717) is 30.3 Å². The highest BCUT2D eigenvalue weighted by atomic mass is 79.9. The third kappa shape index (κ3) is 5.46. The number of ether oxygens (including phenoxy) is 2. The van der Waals surface area contributed by atoms with Crippen LogP contribution in [0.4, 0.5) is 0 Å². The van der Waals surface area contributed by atoms with Crippen molar-refractivity contribution < 1.29 is 14.3 Å². The third-order valence-corrected chi connectivity index (χ3v) is 3.62. The molecule has 0 heterocycles. The Hall–Kier alpha value is -2.60. The van der Waals surface area contributed by atoms with Crippen LogP contribution in [0.25, 0.3) is 0 Å². The number of hydrazone groups is 1. The number of carbonyl (C=O) groups excluding carboxylic acids is 1. The van der Waals surface area contributed by atoms with Crippen LogP contribution in [0.5, 0.6) is 11.5 Å². The third-order valence-electron chi connectivity index (χ3n) is 3.13. The molecule has 25 heavy (non-hydrogen) atoms. The lowest BCUT2D eigenvalue weighted by Gasteiger charge is -2.09. The maximum Gasteiger partial charge on any atom is 0.275 e. The van der Waals surface area contributed by atoms with Gasteiger partial charge in [0.25, 0.3) is 5.91 Å². The van der Waals surface area contributed by atoms with Gasteiger partial charge in [0.05, 0.1) is 18.4 Å². The van der Waals surface area contributed by atoms with Crippen LogP contribution in [0.2, 0.25) is 0 Å². The Kier molecular flexibility index (Phi) is 7.22. The maximum absolute atomic E-state index is 12.4. The van der Waals surface area contributed by atoms with E-state index in [1.54, 1.807) is 18.2 Å². The Bertz CT molecular complexity index is 775. The molecule has 0 aliphatic heterocycles. The molecule has 5 nitrogen and oxygen atoms in total. The van der Waals surface area contributed by atoms with Gasteiger partial charge >= 0.3 is 0 Å². The van der Waals surface area contributed by atoms with Crippen molar-refractivity contribution in [2.45, 2.75) is 6.92 Å². The second-order valence-electron chi connectivity index (χ2n) is 4.91. The lowest BCUT2D eigenvalue weighted by molar-refractivity contribution is 0.0951. The predicted molar refractivity (Wildman–Crippen MR) is 103 cm³/mol. The summed E-state index contributed by atoms with van der Waals surface area (Å²) >= 11 is 3.36. The van der Waals surface area contributed by atoms with Crippen LogP contribution in [0, 0.1) is 0 Å². The Labute approximate surface area is 155 Å². The second-order valence-corrected chi connectivity index (χ2v) is 5.83. The van der Waals surface area contributed by atoms with E-state index < -0.39 is 0 Å². The number of nitrogens with zero attached hydrogens (tertiary/aromatic N) is 1. The summed E-state index contributed by atoms with van der Waals surface area (Å²) in [7, 11) is 0. The Morgan fingerprint density at radius 2 is 2.04 bits per heavy atom. The molecule has 0 aliphatic rings. The van der Waals surface area contributed by atoms with E-state index in [-0.39, 0.29) is 5.91 Å². The first kappa shape index (κ1) is 18.7. The number of hydrogen-bond donors (Lipinski definition) is 1. The minimum Gasteiger partial charge on any atom is -0.493 e. The average molecular weight is 403 g/mol. The highest BCUT2D eigenvalue weighted by Gasteiger charge is 2.12. The normalized spacial score (nSPS) is 10.5. The topological polar surface area (TPSA) is 59.9 Å². The molecule has 1 N–H and O–H groups in total. The minimum absolute atomic E-state index is 0.356. The quantitative estimate of drug-likeness (QED) is 0.409. The summed E-state index contributed by atoms with van der Waals surface area (Å²) in [5.74, 6) is 0.816. The number of hydrogen-bond acceptors (Lipinski definition) is 4. The molecule has 0 radical (unpaired) electrons. The first-order valence-electron chi connectivity index (χ1n) is 7.74. The Balaban J connectivity index is 2.11. The molecule has 1 amide bonds. The van der Waals surface area contributed by atoms with E-state index in [2.05, 4.69) is 33.0 Å². The number of benzene rings is 2. The fraction of sp³-hybridized carbons (Fsp3) is 0.158. The summed E-state index contributed by atoms with van der Waals surface area (Å²) < 4.78 is 11.8. The molecular formula is C19H19BrN2O3. The van der Waals surface area contributed by atoms with E-state index in [0.717, 1.165) is 10.0 Å². The summed E-state index contributed by atoms with van der Waals surface area (Å²) in [6, 6.07) is 12.7. The van der Waals surface area contributed by atoms with Crippen LogP contribution in [0.1, 0.15) is 22.8 Å². The molecule has 2 rings (SSSR count). The zero-order valence-corrected chi connectivity index (χ0v) is 15.5. The molecule has 0 aromatic heterocycles. The van der Waals surface area contributed by atoms with Gasteiger partial charge in [-0.25, -0.2) is 5.43 Å². The van der Waals surface area contributed by atoms with Crippen molar-refractivity contribution >= 4 is 28.1 Å². The van der Waals surface area contributed by atoms with Gasteiger partial charge in [-0.3, -0.25) is 4.79 Å². The number of nitrogens with one attached hydrogen (secondary N) is 1. The maximum atomic E-state index is 12.4. The highest BCUT2D eigenvalue weighted by molar-refractivity contribution is 9.10. The lowest BCUT2D eigenvalue weighted by atomic mass is 10.2. The molecule has 0 atom stereocenters. The van der Waals surface area contributed by atoms with Crippen molar-refractivity contribution in [3.8, 4) is 11.5 Å².